The largest absolute Gasteiger partial charge is 0.447 e. The number of carbonyl (C=O) groups excluding carboxylic acids is 2. The van der Waals surface area contributed by atoms with Gasteiger partial charge in [-0.05, 0) is 31.0 Å². The van der Waals surface area contributed by atoms with Gasteiger partial charge in [0.25, 0.3) is 5.91 Å². The van der Waals surface area contributed by atoms with E-state index in [-0.39, 0.29) is 17.5 Å². The second-order valence-corrected chi connectivity index (χ2v) is 9.33. The van der Waals surface area contributed by atoms with E-state index in [1.807, 2.05) is 37.3 Å². The summed E-state index contributed by atoms with van der Waals surface area (Å²) in [5.41, 5.74) is 1.98. The molecule has 2 amide bonds. The Labute approximate surface area is 175 Å². The Morgan fingerprint density at radius 3 is 2.53 bits per heavy atom. The van der Waals surface area contributed by atoms with Crippen molar-refractivity contribution in [2.75, 3.05) is 13.2 Å². The van der Waals surface area contributed by atoms with Crippen molar-refractivity contribution >= 4 is 22.0 Å². The molecule has 2 heterocycles. The highest BCUT2D eigenvalue weighted by atomic mass is 32.2. The molecule has 1 unspecified atom stereocenters. The van der Waals surface area contributed by atoms with E-state index in [2.05, 4.69) is 0 Å². The van der Waals surface area contributed by atoms with Crippen LogP contribution in [0.3, 0.4) is 0 Å². The Hall–Kier alpha value is -2.97. The second kappa shape index (κ2) is 8.04. The third-order valence-corrected chi connectivity index (χ3v) is 7.11. The number of rotatable bonds is 6. The first-order chi connectivity index (χ1) is 14.4. The SMILES string of the molecule is Cc1ccc(S(=O)(=O)N2C[C@H]2/C=C/C(=O)N2C(=O)OC[C@H]2Cc2ccccc2)cc1. The molecule has 0 aromatic heterocycles. The van der Waals surface area contributed by atoms with Crippen molar-refractivity contribution in [1.82, 2.24) is 9.21 Å². The van der Waals surface area contributed by atoms with Gasteiger partial charge in [-0.25, -0.2) is 18.1 Å². The smallest absolute Gasteiger partial charge is 0.417 e. The minimum atomic E-state index is -3.60. The van der Waals surface area contributed by atoms with Gasteiger partial charge in [-0.15, -0.1) is 0 Å². The molecular formula is C22H22N2O5S. The number of nitrogens with zero attached hydrogens (tertiary/aromatic N) is 2. The fraction of sp³-hybridized carbons (Fsp3) is 0.273. The number of sulfonamides is 1. The topological polar surface area (TPSA) is 83.8 Å². The van der Waals surface area contributed by atoms with Gasteiger partial charge in [-0.1, -0.05) is 54.1 Å². The van der Waals surface area contributed by atoms with Gasteiger partial charge in [0.1, 0.15) is 6.61 Å². The predicted octanol–water partition coefficient (Wildman–Crippen LogP) is 2.51. The average molecular weight is 426 g/mol. The molecule has 7 nitrogen and oxygen atoms in total. The van der Waals surface area contributed by atoms with Crippen LogP contribution in [0.25, 0.3) is 0 Å². The summed E-state index contributed by atoms with van der Waals surface area (Å²) in [6, 6.07) is 15.4. The van der Waals surface area contributed by atoms with Crippen molar-refractivity contribution in [2.45, 2.75) is 30.3 Å². The van der Waals surface area contributed by atoms with E-state index >= 15 is 0 Å². The summed E-state index contributed by atoms with van der Waals surface area (Å²) in [4.78, 5) is 26.0. The van der Waals surface area contributed by atoms with Crippen molar-refractivity contribution in [3.8, 4) is 0 Å². The van der Waals surface area contributed by atoms with Crippen LogP contribution < -0.4 is 0 Å². The van der Waals surface area contributed by atoms with Crippen LogP contribution in [0, 0.1) is 6.92 Å². The zero-order chi connectivity index (χ0) is 21.3. The van der Waals surface area contributed by atoms with Gasteiger partial charge >= 0.3 is 6.09 Å². The lowest BCUT2D eigenvalue weighted by Crippen LogP contribution is -2.39. The standard InChI is InChI=1S/C22H22N2O5S/c1-16-7-10-20(11-8-16)30(27,28)23-14-18(23)9-12-21(25)24-19(15-29-22(24)26)13-17-5-3-2-4-6-17/h2-12,18-19H,13-15H2,1H3/b12-9+/t18-,19-,23?/m1/s1. The van der Waals surface area contributed by atoms with Crippen LogP contribution in [0.4, 0.5) is 4.79 Å². The third kappa shape index (κ3) is 4.15. The summed E-state index contributed by atoms with van der Waals surface area (Å²) >= 11 is 0. The van der Waals surface area contributed by atoms with Crippen molar-refractivity contribution < 1.29 is 22.7 Å². The fourth-order valence-electron chi connectivity index (χ4n) is 3.46. The molecule has 0 N–H and O–H groups in total. The van der Waals surface area contributed by atoms with Crippen LogP contribution >= 0.6 is 0 Å². The molecule has 4 rings (SSSR count). The van der Waals surface area contributed by atoms with Crippen LogP contribution in [0.2, 0.25) is 0 Å². The van der Waals surface area contributed by atoms with Crippen molar-refractivity contribution in [1.29, 1.82) is 0 Å². The molecule has 0 radical (unpaired) electrons. The summed E-state index contributed by atoms with van der Waals surface area (Å²) < 4.78 is 31.7. The second-order valence-electron chi connectivity index (χ2n) is 7.44. The highest BCUT2D eigenvalue weighted by Gasteiger charge is 2.43. The van der Waals surface area contributed by atoms with E-state index < -0.39 is 28.1 Å². The first kappa shape index (κ1) is 20.3. The lowest BCUT2D eigenvalue weighted by Gasteiger charge is -2.18. The summed E-state index contributed by atoms with van der Waals surface area (Å²) in [6.45, 7) is 2.34. The number of hydrogen-bond donors (Lipinski definition) is 0. The minimum absolute atomic E-state index is 0.144. The Morgan fingerprint density at radius 2 is 1.83 bits per heavy atom. The number of amides is 2. The molecule has 2 saturated heterocycles. The van der Waals surface area contributed by atoms with Gasteiger partial charge in [-0.2, -0.15) is 4.31 Å². The van der Waals surface area contributed by atoms with E-state index in [1.165, 1.54) is 16.5 Å². The lowest BCUT2D eigenvalue weighted by atomic mass is 10.1. The van der Waals surface area contributed by atoms with Crippen LogP contribution in [0.1, 0.15) is 11.1 Å². The minimum Gasteiger partial charge on any atom is -0.447 e. The van der Waals surface area contributed by atoms with Crippen LogP contribution in [0.5, 0.6) is 0 Å². The first-order valence-corrected chi connectivity index (χ1v) is 11.1. The Balaban J connectivity index is 1.41. The number of hydrogen-bond acceptors (Lipinski definition) is 5. The monoisotopic (exact) mass is 426 g/mol. The average Bonchev–Trinajstić information content (AvgIpc) is 3.44. The molecule has 0 spiro atoms. The number of carbonyl (C=O) groups is 2. The van der Waals surface area contributed by atoms with Crippen molar-refractivity contribution in [3.05, 3.63) is 77.9 Å². The van der Waals surface area contributed by atoms with Gasteiger partial charge < -0.3 is 4.74 Å². The van der Waals surface area contributed by atoms with Gasteiger partial charge in [0.05, 0.1) is 17.0 Å². The number of ether oxygens (including phenoxy) is 1. The lowest BCUT2D eigenvalue weighted by molar-refractivity contribution is -0.124. The van der Waals surface area contributed by atoms with Gasteiger partial charge in [0.2, 0.25) is 10.0 Å². The Bertz CT molecular complexity index is 1080. The Kier molecular flexibility index (Phi) is 5.44. The molecule has 0 bridgehead atoms. The van der Waals surface area contributed by atoms with Crippen molar-refractivity contribution in [3.63, 3.8) is 0 Å². The molecule has 156 valence electrons. The number of benzene rings is 2. The highest BCUT2D eigenvalue weighted by molar-refractivity contribution is 7.89. The molecule has 2 aromatic rings. The molecule has 2 fully saturated rings. The maximum Gasteiger partial charge on any atom is 0.417 e. The summed E-state index contributed by atoms with van der Waals surface area (Å²) in [6.07, 6.45) is 2.62. The van der Waals surface area contributed by atoms with Crippen molar-refractivity contribution in [2.24, 2.45) is 0 Å². The summed E-state index contributed by atoms with van der Waals surface area (Å²) in [7, 11) is -3.60. The third-order valence-electron chi connectivity index (χ3n) is 5.20. The van der Waals surface area contributed by atoms with E-state index in [4.69, 9.17) is 4.74 Å². The van der Waals surface area contributed by atoms with Gasteiger partial charge in [0.15, 0.2) is 0 Å². The normalized spacial score (nSPS) is 23.6. The maximum atomic E-state index is 12.6. The number of aryl methyl sites for hydroxylation is 1. The highest BCUT2D eigenvalue weighted by Crippen LogP contribution is 2.29. The fourth-order valence-corrected chi connectivity index (χ4v) is 4.98. The molecule has 30 heavy (non-hydrogen) atoms. The van der Waals surface area contributed by atoms with Crippen LogP contribution in [-0.2, 0) is 26.0 Å². The zero-order valence-corrected chi connectivity index (χ0v) is 17.3. The molecule has 2 aliphatic rings. The molecule has 2 aliphatic heterocycles. The summed E-state index contributed by atoms with van der Waals surface area (Å²) in [5, 5.41) is 0. The molecule has 0 aliphatic carbocycles. The van der Waals surface area contributed by atoms with E-state index in [0.29, 0.717) is 13.0 Å². The predicted molar refractivity (Wildman–Crippen MR) is 110 cm³/mol. The number of imide groups is 1. The van der Waals surface area contributed by atoms with Gasteiger partial charge in [0, 0.05) is 12.6 Å². The van der Waals surface area contributed by atoms with Crippen LogP contribution in [-0.4, -0.2) is 54.9 Å². The molecule has 8 heteroatoms. The first-order valence-electron chi connectivity index (χ1n) is 9.67. The quantitative estimate of drug-likeness (QED) is 0.524. The summed E-state index contributed by atoms with van der Waals surface area (Å²) in [5.74, 6) is -0.502. The molecule has 3 atom stereocenters. The van der Waals surface area contributed by atoms with E-state index in [1.54, 1.807) is 24.3 Å². The van der Waals surface area contributed by atoms with Gasteiger partial charge in [-0.3, -0.25) is 4.79 Å². The zero-order valence-electron chi connectivity index (χ0n) is 16.5. The van der Waals surface area contributed by atoms with E-state index in [0.717, 1.165) is 16.0 Å². The van der Waals surface area contributed by atoms with E-state index in [9.17, 15) is 18.0 Å². The Morgan fingerprint density at radius 1 is 1.13 bits per heavy atom. The molecule has 0 saturated carbocycles. The molecular weight excluding hydrogens is 404 g/mol. The maximum absolute atomic E-state index is 12.6. The van der Waals surface area contributed by atoms with Crippen LogP contribution in [0.15, 0.2) is 71.6 Å². The number of cyclic esters (lactones) is 1. The molecule has 2 aromatic carbocycles.